The van der Waals surface area contributed by atoms with Crippen LogP contribution in [0.25, 0.3) is 5.57 Å². The Morgan fingerprint density at radius 2 is 1.05 bits per heavy atom. The van der Waals surface area contributed by atoms with Crippen LogP contribution in [0.1, 0.15) is 11.1 Å². The molecule has 20 heavy (non-hydrogen) atoms. The fraction of sp³-hybridized carbons (Fsp3) is 0.125. The van der Waals surface area contributed by atoms with Crippen LogP contribution in [0.15, 0.2) is 48.5 Å². The van der Waals surface area contributed by atoms with Gasteiger partial charge in [0.25, 0.3) is 0 Å². The zero-order valence-corrected chi connectivity index (χ0v) is 17.9. The van der Waals surface area contributed by atoms with Gasteiger partial charge >= 0.3 is 27.7 Å². The van der Waals surface area contributed by atoms with Crippen LogP contribution in [-0.2, 0) is 27.7 Å². The van der Waals surface area contributed by atoms with E-state index in [9.17, 15) is 0 Å². The summed E-state index contributed by atoms with van der Waals surface area (Å²) < 4.78 is 10.2. The number of ether oxygens (including phenoxy) is 2. The van der Waals surface area contributed by atoms with E-state index in [1.807, 2.05) is 48.5 Å². The predicted molar refractivity (Wildman–Crippen MR) is 72.8 cm³/mol. The van der Waals surface area contributed by atoms with Gasteiger partial charge in [0.05, 0.1) is 14.2 Å². The summed E-state index contributed by atoms with van der Waals surface area (Å²) in [7, 11) is 3.29. The summed E-state index contributed by atoms with van der Waals surface area (Å²) in [5, 5.41) is 0. The SMILES string of the molecule is [CH]=C(c1ccc(OC)cc1)c1ccc(OC)cc1.[Cl-].[Hg+]. The zero-order valence-electron chi connectivity index (χ0n) is 11.6. The Morgan fingerprint density at radius 3 is 1.30 bits per heavy atom. The molecule has 0 unspecified atom stereocenters. The van der Waals surface area contributed by atoms with Crippen LogP contribution in [0.5, 0.6) is 11.5 Å². The van der Waals surface area contributed by atoms with Crippen molar-refractivity contribution in [1.82, 2.24) is 0 Å². The fourth-order valence-corrected chi connectivity index (χ4v) is 1.71. The third-order valence-corrected chi connectivity index (χ3v) is 2.80. The van der Waals surface area contributed by atoms with Crippen molar-refractivity contribution in [2.75, 3.05) is 14.2 Å². The minimum atomic E-state index is 0. The Hall–Kier alpha value is -0.995. The van der Waals surface area contributed by atoms with Crippen LogP contribution in [-0.4, -0.2) is 14.2 Å². The van der Waals surface area contributed by atoms with Crippen molar-refractivity contribution >= 4 is 5.57 Å². The van der Waals surface area contributed by atoms with E-state index in [0.29, 0.717) is 0 Å². The second-order valence-corrected chi connectivity index (χ2v) is 3.87. The van der Waals surface area contributed by atoms with E-state index >= 15 is 0 Å². The molecule has 0 aliphatic heterocycles. The monoisotopic (exact) mass is 476 g/mol. The molecular formula is C16H15ClHgO2. The average molecular weight is 475 g/mol. The average Bonchev–Trinajstić information content (AvgIpc) is 2.47. The van der Waals surface area contributed by atoms with E-state index in [-0.39, 0.29) is 40.1 Å². The molecule has 0 fully saturated rings. The van der Waals surface area contributed by atoms with Gasteiger partial charge in [-0.25, -0.2) is 0 Å². The third-order valence-electron chi connectivity index (χ3n) is 2.80. The van der Waals surface area contributed by atoms with Gasteiger partial charge in [-0.05, 0) is 41.0 Å². The summed E-state index contributed by atoms with van der Waals surface area (Å²) in [6, 6.07) is 15.3. The van der Waals surface area contributed by atoms with E-state index in [1.54, 1.807) is 14.2 Å². The molecule has 2 aromatic rings. The smallest absolute Gasteiger partial charge is 1.00 e. The van der Waals surface area contributed by atoms with Crippen LogP contribution in [0.2, 0.25) is 0 Å². The van der Waals surface area contributed by atoms with Gasteiger partial charge in [0.2, 0.25) is 0 Å². The van der Waals surface area contributed by atoms with Crippen molar-refractivity contribution in [1.29, 1.82) is 0 Å². The van der Waals surface area contributed by atoms with Gasteiger partial charge in [0, 0.05) is 0 Å². The molecule has 0 aromatic heterocycles. The standard InChI is InChI=1S/C16H15O2.ClH.Hg/c1-12(13-4-8-15(17-2)9-5-13)14-6-10-16(18-3)11-7-14;;/h1,4-11H,2-3H3;1H;/q;;+1/p-1. The molecule has 0 atom stereocenters. The van der Waals surface area contributed by atoms with Gasteiger partial charge < -0.3 is 21.9 Å². The first-order valence-corrected chi connectivity index (χ1v) is 5.66. The minimum Gasteiger partial charge on any atom is -1.00 e. The van der Waals surface area contributed by atoms with E-state index in [0.717, 1.165) is 28.2 Å². The molecule has 4 heteroatoms. The summed E-state index contributed by atoms with van der Waals surface area (Å²) in [5.74, 6) is 1.64. The molecule has 0 bridgehead atoms. The van der Waals surface area contributed by atoms with Gasteiger partial charge in [-0.3, -0.25) is 0 Å². The topological polar surface area (TPSA) is 18.5 Å². The molecule has 0 aliphatic carbocycles. The molecule has 2 nitrogen and oxygen atoms in total. The molecule has 0 saturated carbocycles. The molecule has 0 aliphatic rings. The van der Waals surface area contributed by atoms with Gasteiger partial charge in [-0.1, -0.05) is 30.8 Å². The quantitative estimate of drug-likeness (QED) is 0.603. The van der Waals surface area contributed by atoms with Crippen molar-refractivity contribution in [2.24, 2.45) is 0 Å². The van der Waals surface area contributed by atoms with E-state index in [1.165, 1.54) is 0 Å². The molecular weight excluding hydrogens is 460 g/mol. The maximum absolute atomic E-state index is 6.13. The van der Waals surface area contributed by atoms with Gasteiger partial charge in [-0.15, -0.1) is 0 Å². The second-order valence-electron chi connectivity index (χ2n) is 3.87. The first kappa shape index (κ1) is 19.0. The van der Waals surface area contributed by atoms with E-state index < -0.39 is 0 Å². The van der Waals surface area contributed by atoms with Crippen LogP contribution < -0.4 is 21.9 Å². The Labute approximate surface area is 146 Å². The maximum atomic E-state index is 6.13. The molecule has 2 aromatic carbocycles. The molecule has 2 rings (SSSR count). The van der Waals surface area contributed by atoms with Crippen molar-refractivity contribution in [3.05, 3.63) is 66.2 Å². The molecule has 100 valence electrons. The van der Waals surface area contributed by atoms with Crippen LogP contribution in [0.4, 0.5) is 0 Å². The molecule has 0 spiro atoms. The Kier molecular flexibility index (Phi) is 8.59. The minimum absolute atomic E-state index is 0. The third kappa shape index (κ3) is 4.53. The molecule has 2 radical (unpaired) electrons. The Balaban J connectivity index is 0.00000180. The largest absolute Gasteiger partial charge is 1.00 e. The number of halogens is 1. The molecule has 0 N–H and O–H groups in total. The first-order valence-electron chi connectivity index (χ1n) is 5.66. The van der Waals surface area contributed by atoms with Crippen molar-refractivity contribution in [3.8, 4) is 11.5 Å². The normalized spacial score (nSPS) is 8.90. The molecule has 0 saturated heterocycles. The number of rotatable bonds is 4. The summed E-state index contributed by atoms with van der Waals surface area (Å²) >= 11 is 0. The number of hydrogen-bond donors (Lipinski definition) is 0. The van der Waals surface area contributed by atoms with Gasteiger partial charge in [0.1, 0.15) is 11.5 Å². The van der Waals surface area contributed by atoms with Gasteiger partial charge in [-0.2, -0.15) is 0 Å². The number of hydrogen-bond acceptors (Lipinski definition) is 2. The molecule has 0 heterocycles. The van der Waals surface area contributed by atoms with E-state index in [2.05, 4.69) is 0 Å². The first-order chi connectivity index (χ1) is 8.74. The number of methoxy groups -OCH3 is 2. The Bertz CT molecular complexity index is 486. The van der Waals surface area contributed by atoms with Crippen LogP contribution in [0, 0.1) is 6.58 Å². The van der Waals surface area contributed by atoms with Crippen molar-refractivity contribution in [3.63, 3.8) is 0 Å². The summed E-state index contributed by atoms with van der Waals surface area (Å²) in [6.07, 6.45) is 0. The number of benzene rings is 2. The summed E-state index contributed by atoms with van der Waals surface area (Å²) in [4.78, 5) is 0. The maximum Gasteiger partial charge on any atom is 1.00 e. The Morgan fingerprint density at radius 1 is 0.750 bits per heavy atom. The van der Waals surface area contributed by atoms with Crippen molar-refractivity contribution in [2.45, 2.75) is 0 Å². The van der Waals surface area contributed by atoms with Gasteiger partial charge in [0.15, 0.2) is 0 Å². The van der Waals surface area contributed by atoms with Crippen LogP contribution >= 0.6 is 0 Å². The summed E-state index contributed by atoms with van der Waals surface area (Å²) in [5.41, 5.74) is 2.68. The predicted octanol–water partition coefficient (Wildman–Crippen LogP) is 0.570. The van der Waals surface area contributed by atoms with E-state index in [4.69, 9.17) is 16.1 Å². The zero-order chi connectivity index (χ0) is 13.0. The summed E-state index contributed by atoms with van der Waals surface area (Å²) in [6.45, 7) is 6.13. The fourth-order valence-electron chi connectivity index (χ4n) is 1.71. The van der Waals surface area contributed by atoms with Crippen molar-refractivity contribution < 1.29 is 49.5 Å². The molecule has 0 amide bonds. The second kappa shape index (κ2) is 9.04. The van der Waals surface area contributed by atoms with Crippen LogP contribution in [0.3, 0.4) is 0 Å².